The summed E-state index contributed by atoms with van der Waals surface area (Å²) in [7, 11) is -3.73. The Hall–Kier alpha value is -2.31. The fourth-order valence-corrected chi connectivity index (χ4v) is 6.76. The first-order valence-electron chi connectivity index (χ1n) is 11.4. The third-order valence-electron chi connectivity index (χ3n) is 6.49. The summed E-state index contributed by atoms with van der Waals surface area (Å²) in [5.41, 5.74) is 0.956. The number of piperazine rings is 1. The van der Waals surface area contributed by atoms with Crippen LogP contribution in [-0.2, 0) is 14.8 Å². The van der Waals surface area contributed by atoms with Crippen molar-refractivity contribution in [1.29, 1.82) is 0 Å². The second kappa shape index (κ2) is 9.90. The molecule has 180 valence electrons. The lowest BCUT2D eigenvalue weighted by molar-refractivity contribution is -0.138. The molecule has 2 aliphatic rings. The molecule has 0 saturated carbocycles. The van der Waals surface area contributed by atoms with Gasteiger partial charge < -0.3 is 14.7 Å². The Bertz CT molecular complexity index is 1110. The van der Waals surface area contributed by atoms with Crippen molar-refractivity contribution in [1.82, 2.24) is 27.8 Å². The molecule has 0 unspecified atom stereocenters. The molecule has 1 aromatic heterocycles. The number of hydrogen-bond acceptors (Lipinski definition) is 7. The number of fused-ring (bicyclic) bond motifs is 1. The number of urea groups is 1. The van der Waals surface area contributed by atoms with Crippen molar-refractivity contribution >= 4 is 44.7 Å². The molecule has 1 atom stereocenters. The van der Waals surface area contributed by atoms with E-state index in [2.05, 4.69) is 8.75 Å². The lowest BCUT2D eigenvalue weighted by Gasteiger charge is -2.39. The SMILES string of the molecule is CCN(CC)C(=O)N1CCC[C@H](C(=O)N2CCN(S(=O)(=O)c3cccc4nsnc34)CC2)C1. The van der Waals surface area contributed by atoms with Gasteiger partial charge in [0, 0.05) is 52.4 Å². The predicted molar refractivity (Wildman–Crippen MR) is 125 cm³/mol. The molecule has 2 aliphatic heterocycles. The Balaban J connectivity index is 1.39. The molecule has 10 nitrogen and oxygen atoms in total. The molecule has 0 bridgehead atoms. The number of hydrogen-bond donors (Lipinski definition) is 0. The molecule has 2 saturated heterocycles. The van der Waals surface area contributed by atoms with Crippen molar-refractivity contribution in [2.75, 3.05) is 52.4 Å². The van der Waals surface area contributed by atoms with Gasteiger partial charge in [-0.1, -0.05) is 6.07 Å². The first-order valence-corrected chi connectivity index (χ1v) is 13.6. The Kier molecular flexibility index (Phi) is 7.15. The van der Waals surface area contributed by atoms with E-state index in [1.54, 1.807) is 32.9 Å². The summed E-state index contributed by atoms with van der Waals surface area (Å²) in [6.07, 6.45) is 1.54. The van der Waals surface area contributed by atoms with Gasteiger partial charge in [-0.3, -0.25) is 4.79 Å². The number of piperidine rings is 1. The highest BCUT2D eigenvalue weighted by molar-refractivity contribution is 7.89. The second-order valence-electron chi connectivity index (χ2n) is 8.36. The van der Waals surface area contributed by atoms with Gasteiger partial charge in [-0.15, -0.1) is 0 Å². The fourth-order valence-electron chi connectivity index (χ4n) is 4.58. The van der Waals surface area contributed by atoms with E-state index in [4.69, 9.17) is 0 Å². The van der Waals surface area contributed by atoms with Crippen LogP contribution in [0.25, 0.3) is 11.0 Å². The van der Waals surface area contributed by atoms with Crippen LogP contribution in [0.3, 0.4) is 0 Å². The van der Waals surface area contributed by atoms with Gasteiger partial charge in [0.05, 0.1) is 17.6 Å². The number of sulfonamides is 1. The largest absolute Gasteiger partial charge is 0.340 e. The molecular weight excluding hydrogens is 464 g/mol. The zero-order valence-corrected chi connectivity index (χ0v) is 20.6. The summed E-state index contributed by atoms with van der Waals surface area (Å²) in [4.78, 5) is 31.4. The molecule has 2 fully saturated rings. The van der Waals surface area contributed by atoms with E-state index in [9.17, 15) is 18.0 Å². The summed E-state index contributed by atoms with van der Waals surface area (Å²) in [5.74, 6) is -0.230. The van der Waals surface area contributed by atoms with Gasteiger partial charge >= 0.3 is 6.03 Å². The maximum Gasteiger partial charge on any atom is 0.320 e. The Morgan fingerprint density at radius 3 is 2.48 bits per heavy atom. The van der Waals surface area contributed by atoms with Crippen molar-refractivity contribution in [3.63, 3.8) is 0 Å². The number of amides is 3. The predicted octanol–water partition coefficient (Wildman–Crippen LogP) is 1.70. The summed E-state index contributed by atoms with van der Waals surface area (Å²) in [6.45, 7) is 7.42. The van der Waals surface area contributed by atoms with E-state index in [1.807, 2.05) is 13.8 Å². The van der Waals surface area contributed by atoms with E-state index in [1.165, 1.54) is 4.31 Å². The van der Waals surface area contributed by atoms with E-state index in [-0.39, 0.29) is 35.8 Å². The maximum absolute atomic E-state index is 13.2. The van der Waals surface area contributed by atoms with Gasteiger partial charge in [-0.25, -0.2) is 13.2 Å². The number of nitrogens with zero attached hydrogens (tertiary/aromatic N) is 6. The minimum atomic E-state index is -3.73. The Morgan fingerprint density at radius 1 is 1.06 bits per heavy atom. The van der Waals surface area contributed by atoms with Gasteiger partial charge in [-0.2, -0.15) is 13.1 Å². The second-order valence-corrected chi connectivity index (χ2v) is 10.8. The molecule has 2 aromatic rings. The zero-order chi connectivity index (χ0) is 23.6. The number of likely N-dealkylation sites (tertiary alicyclic amines) is 1. The van der Waals surface area contributed by atoms with Crippen molar-refractivity contribution in [3.8, 4) is 0 Å². The molecular formula is C21H30N6O4S2. The molecule has 0 N–H and O–H groups in total. The minimum absolute atomic E-state index is 0.00916. The molecule has 0 aliphatic carbocycles. The van der Waals surface area contributed by atoms with Gasteiger partial charge in [0.25, 0.3) is 0 Å². The van der Waals surface area contributed by atoms with Crippen LogP contribution in [0, 0.1) is 5.92 Å². The summed E-state index contributed by atoms with van der Waals surface area (Å²) in [5, 5.41) is 0. The average molecular weight is 495 g/mol. The standard InChI is InChI=1S/C21H30N6O4S2/c1-3-24(4-2)21(29)26-10-6-7-16(15-26)20(28)25-11-13-27(14-12-25)33(30,31)18-9-5-8-17-19(18)23-32-22-17/h5,8-9,16H,3-4,6-7,10-15H2,1-2H3/t16-/m0/s1. The molecule has 33 heavy (non-hydrogen) atoms. The smallest absolute Gasteiger partial charge is 0.320 e. The van der Waals surface area contributed by atoms with Gasteiger partial charge in [0.1, 0.15) is 15.9 Å². The molecule has 3 amide bonds. The third kappa shape index (κ3) is 4.69. The highest BCUT2D eigenvalue weighted by Gasteiger charge is 2.36. The van der Waals surface area contributed by atoms with Crippen molar-refractivity contribution in [3.05, 3.63) is 18.2 Å². The molecule has 0 radical (unpaired) electrons. The molecule has 0 spiro atoms. The van der Waals surface area contributed by atoms with Crippen LogP contribution in [-0.4, -0.2) is 100 Å². The Labute approximate surface area is 198 Å². The topological polar surface area (TPSA) is 107 Å². The molecule has 1 aromatic carbocycles. The number of benzene rings is 1. The molecule has 12 heteroatoms. The quantitative estimate of drug-likeness (QED) is 0.626. The number of aromatic nitrogens is 2. The average Bonchev–Trinajstić information content (AvgIpc) is 3.33. The normalized spacial score (nSPS) is 20.2. The van der Waals surface area contributed by atoms with Crippen LogP contribution in [0.4, 0.5) is 4.79 Å². The monoisotopic (exact) mass is 494 g/mol. The van der Waals surface area contributed by atoms with Crippen LogP contribution in [0.5, 0.6) is 0 Å². The molecule has 3 heterocycles. The lowest BCUT2D eigenvalue weighted by Crippen LogP contribution is -2.55. The number of carbonyl (C=O) groups is 2. The number of rotatable bonds is 5. The summed E-state index contributed by atoms with van der Waals surface area (Å²) < 4.78 is 36.2. The maximum atomic E-state index is 13.2. The third-order valence-corrected chi connectivity index (χ3v) is 8.97. The van der Waals surface area contributed by atoms with Crippen molar-refractivity contribution in [2.45, 2.75) is 31.6 Å². The highest BCUT2D eigenvalue weighted by atomic mass is 32.2. The first kappa shape index (κ1) is 23.8. The highest BCUT2D eigenvalue weighted by Crippen LogP contribution is 2.26. The Morgan fingerprint density at radius 2 is 1.79 bits per heavy atom. The van der Waals surface area contributed by atoms with Gasteiger partial charge in [-0.05, 0) is 38.8 Å². The lowest BCUT2D eigenvalue weighted by atomic mass is 9.96. The first-order chi connectivity index (χ1) is 15.9. The summed E-state index contributed by atoms with van der Waals surface area (Å²) >= 11 is 0.990. The fraction of sp³-hybridized carbons (Fsp3) is 0.619. The van der Waals surface area contributed by atoms with E-state index < -0.39 is 10.0 Å². The van der Waals surface area contributed by atoms with Gasteiger partial charge in [0.2, 0.25) is 15.9 Å². The summed E-state index contributed by atoms with van der Waals surface area (Å²) in [6, 6.07) is 4.96. The minimum Gasteiger partial charge on any atom is -0.340 e. The van der Waals surface area contributed by atoms with Gasteiger partial charge in [0.15, 0.2) is 0 Å². The van der Waals surface area contributed by atoms with E-state index in [0.717, 1.165) is 24.6 Å². The zero-order valence-electron chi connectivity index (χ0n) is 19.0. The van der Waals surface area contributed by atoms with Crippen molar-refractivity contribution < 1.29 is 18.0 Å². The van der Waals surface area contributed by atoms with Crippen LogP contribution in [0.15, 0.2) is 23.1 Å². The van der Waals surface area contributed by atoms with Crippen LogP contribution >= 0.6 is 11.7 Å². The van der Waals surface area contributed by atoms with Crippen molar-refractivity contribution in [2.24, 2.45) is 5.92 Å². The van der Waals surface area contributed by atoms with Crippen LogP contribution in [0.2, 0.25) is 0 Å². The van der Waals surface area contributed by atoms with E-state index in [0.29, 0.717) is 50.3 Å². The molecule has 4 rings (SSSR count). The van der Waals surface area contributed by atoms with Crippen LogP contribution < -0.4 is 0 Å². The van der Waals surface area contributed by atoms with Crippen LogP contribution in [0.1, 0.15) is 26.7 Å². The van der Waals surface area contributed by atoms with E-state index >= 15 is 0 Å². The number of carbonyl (C=O) groups excluding carboxylic acids is 2.